The smallest absolute Gasteiger partial charge is 0.270 e. The third-order valence-electron chi connectivity index (χ3n) is 6.33. The number of amides is 4. The zero-order chi connectivity index (χ0) is 27.8. The summed E-state index contributed by atoms with van der Waals surface area (Å²) in [6.07, 6.45) is 1.32. The molecule has 0 radical (unpaired) electrons. The molecule has 1 fully saturated rings. The number of carbonyl (C=O) groups is 4. The van der Waals surface area contributed by atoms with Gasteiger partial charge in [0.1, 0.15) is 22.9 Å². The molecule has 0 spiro atoms. The highest BCUT2D eigenvalue weighted by molar-refractivity contribution is 7.80. The van der Waals surface area contributed by atoms with Crippen molar-refractivity contribution in [3.63, 3.8) is 0 Å². The average molecular weight is 546 g/mol. The molecular formula is C28H20FN3O6S. The van der Waals surface area contributed by atoms with Crippen molar-refractivity contribution in [2.75, 3.05) is 19.1 Å². The summed E-state index contributed by atoms with van der Waals surface area (Å²) < 4.78 is 24.4. The lowest BCUT2D eigenvalue weighted by molar-refractivity contribution is -0.122. The molecule has 2 aliphatic rings. The summed E-state index contributed by atoms with van der Waals surface area (Å²) >= 11 is 5.19. The fraction of sp³-hybridized carbons (Fsp3) is 0.107. The van der Waals surface area contributed by atoms with Crippen LogP contribution in [-0.4, -0.2) is 47.9 Å². The van der Waals surface area contributed by atoms with Crippen molar-refractivity contribution in [2.45, 2.75) is 6.54 Å². The quantitative estimate of drug-likeness (QED) is 0.219. The minimum absolute atomic E-state index is 0.123. The molecule has 4 amide bonds. The monoisotopic (exact) mass is 545 g/mol. The first kappa shape index (κ1) is 25.7. The van der Waals surface area contributed by atoms with E-state index in [1.807, 2.05) is 0 Å². The number of halogens is 1. The Hall–Kier alpha value is -4.90. The number of carbonyl (C=O) groups excluding carboxylic acids is 4. The number of methoxy groups -OCH3 is 2. The van der Waals surface area contributed by atoms with Crippen LogP contribution in [0.1, 0.15) is 31.8 Å². The van der Waals surface area contributed by atoms with Crippen molar-refractivity contribution in [1.29, 1.82) is 0 Å². The maximum Gasteiger partial charge on any atom is 0.270 e. The highest BCUT2D eigenvalue weighted by Crippen LogP contribution is 2.34. The summed E-state index contributed by atoms with van der Waals surface area (Å²) in [5.41, 5.74) is 1.37. The second-order valence-corrected chi connectivity index (χ2v) is 8.97. The number of thiocarbonyl (C=S) groups is 1. The molecule has 5 rings (SSSR count). The van der Waals surface area contributed by atoms with Crippen molar-refractivity contribution in [3.05, 3.63) is 94.3 Å². The van der Waals surface area contributed by atoms with Crippen LogP contribution in [0, 0.1) is 5.82 Å². The number of hydrogen-bond donors (Lipinski definition) is 1. The van der Waals surface area contributed by atoms with E-state index in [4.69, 9.17) is 21.7 Å². The van der Waals surface area contributed by atoms with E-state index in [2.05, 4.69) is 5.32 Å². The second kappa shape index (κ2) is 10.1. The molecule has 0 atom stereocenters. The molecule has 9 nitrogen and oxygen atoms in total. The number of rotatable bonds is 6. The van der Waals surface area contributed by atoms with Crippen LogP contribution >= 0.6 is 12.2 Å². The third kappa shape index (κ3) is 4.53. The van der Waals surface area contributed by atoms with Gasteiger partial charge in [0.25, 0.3) is 23.6 Å². The fourth-order valence-electron chi connectivity index (χ4n) is 4.42. The van der Waals surface area contributed by atoms with Gasteiger partial charge in [0, 0.05) is 17.2 Å². The van der Waals surface area contributed by atoms with Crippen molar-refractivity contribution in [1.82, 2.24) is 10.2 Å². The number of imide groups is 1. The van der Waals surface area contributed by atoms with Gasteiger partial charge >= 0.3 is 0 Å². The van der Waals surface area contributed by atoms with Crippen LogP contribution in [0.3, 0.4) is 0 Å². The van der Waals surface area contributed by atoms with Gasteiger partial charge in [-0.1, -0.05) is 12.1 Å². The van der Waals surface area contributed by atoms with E-state index in [0.717, 1.165) is 9.80 Å². The summed E-state index contributed by atoms with van der Waals surface area (Å²) in [4.78, 5) is 54.2. The zero-order valence-corrected chi connectivity index (χ0v) is 21.5. The highest BCUT2D eigenvalue weighted by atomic mass is 32.1. The first-order valence-corrected chi connectivity index (χ1v) is 12.0. The molecule has 3 aromatic rings. The Morgan fingerprint density at radius 1 is 0.872 bits per heavy atom. The van der Waals surface area contributed by atoms with E-state index in [1.165, 1.54) is 50.6 Å². The van der Waals surface area contributed by atoms with Crippen molar-refractivity contribution in [2.24, 2.45) is 0 Å². The first-order chi connectivity index (χ1) is 18.7. The van der Waals surface area contributed by atoms with E-state index in [-0.39, 0.29) is 28.7 Å². The molecule has 1 saturated heterocycles. The fourth-order valence-corrected chi connectivity index (χ4v) is 4.70. The van der Waals surface area contributed by atoms with Crippen molar-refractivity contribution in [3.8, 4) is 11.5 Å². The minimum Gasteiger partial charge on any atom is -0.496 e. The Morgan fingerprint density at radius 2 is 1.49 bits per heavy atom. The second-order valence-electron chi connectivity index (χ2n) is 8.58. The maximum absolute atomic E-state index is 13.4. The first-order valence-electron chi connectivity index (χ1n) is 11.6. The summed E-state index contributed by atoms with van der Waals surface area (Å²) in [5.74, 6) is -2.25. The van der Waals surface area contributed by atoms with Crippen LogP contribution in [0.4, 0.5) is 10.1 Å². The lowest BCUT2D eigenvalue weighted by atomic mass is 10.0. The van der Waals surface area contributed by atoms with E-state index < -0.39 is 29.4 Å². The number of nitrogens with zero attached hydrogens (tertiary/aromatic N) is 2. The molecule has 196 valence electrons. The largest absolute Gasteiger partial charge is 0.496 e. The van der Waals surface area contributed by atoms with Gasteiger partial charge in [-0.3, -0.25) is 34.3 Å². The van der Waals surface area contributed by atoms with Crippen LogP contribution in [0.15, 0.2) is 66.2 Å². The predicted molar refractivity (Wildman–Crippen MR) is 143 cm³/mol. The van der Waals surface area contributed by atoms with Gasteiger partial charge < -0.3 is 9.47 Å². The third-order valence-corrected chi connectivity index (χ3v) is 6.61. The van der Waals surface area contributed by atoms with Gasteiger partial charge in [0.05, 0.1) is 37.6 Å². The highest BCUT2D eigenvalue weighted by Gasteiger charge is 2.37. The number of fused-ring (bicyclic) bond motifs is 1. The number of hydrogen-bond acceptors (Lipinski definition) is 7. The molecule has 39 heavy (non-hydrogen) atoms. The molecular weight excluding hydrogens is 525 g/mol. The van der Waals surface area contributed by atoms with Gasteiger partial charge in [0.15, 0.2) is 5.11 Å². The summed E-state index contributed by atoms with van der Waals surface area (Å²) in [6.45, 7) is -0.123. The molecule has 0 unspecified atom stereocenters. The van der Waals surface area contributed by atoms with Crippen molar-refractivity contribution < 1.29 is 33.0 Å². The summed E-state index contributed by atoms with van der Waals surface area (Å²) in [6, 6.07) is 14.7. The normalized spacial score (nSPS) is 16.1. The molecule has 2 aliphatic heterocycles. The SMILES string of the molecule is COc1cc(OC)c(CN2C(=O)c3ccccc3C2=O)cc1C=C1C(=O)NC(=S)N(c2ccc(F)cc2)C1=O. The Labute approximate surface area is 227 Å². The van der Waals surface area contributed by atoms with E-state index in [9.17, 15) is 23.6 Å². The maximum atomic E-state index is 13.4. The molecule has 2 heterocycles. The van der Waals surface area contributed by atoms with Gasteiger partial charge in [-0.2, -0.15) is 0 Å². The van der Waals surface area contributed by atoms with Crippen LogP contribution < -0.4 is 19.7 Å². The van der Waals surface area contributed by atoms with E-state index in [1.54, 1.807) is 30.3 Å². The Balaban J connectivity index is 1.54. The minimum atomic E-state index is -0.733. The van der Waals surface area contributed by atoms with Gasteiger partial charge in [-0.25, -0.2) is 4.39 Å². The van der Waals surface area contributed by atoms with Crippen LogP contribution in [-0.2, 0) is 16.1 Å². The van der Waals surface area contributed by atoms with E-state index in [0.29, 0.717) is 28.0 Å². The van der Waals surface area contributed by atoms with Gasteiger partial charge in [-0.05, 0) is 60.8 Å². The molecule has 0 saturated carbocycles. The summed E-state index contributed by atoms with van der Waals surface area (Å²) in [5, 5.41) is 2.32. The average Bonchev–Trinajstić information content (AvgIpc) is 3.17. The Kier molecular flexibility index (Phi) is 6.67. The lowest BCUT2D eigenvalue weighted by Crippen LogP contribution is -2.54. The Bertz CT molecular complexity index is 1570. The summed E-state index contributed by atoms with van der Waals surface area (Å²) in [7, 11) is 2.84. The number of benzene rings is 3. The number of ether oxygens (including phenoxy) is 2. The lowest BCUT2D eigenvalue weighted by Gasteiger charge is -2.29. The number of nitrogens with one attached hydrogen (secondary N) is 1. The standard InChI is InChI=1S/C28H20FN3O6S/c1-37-22-13-23(38-2)16(14-31-25(34)19-5-3-4-6-20(19)26(31)35)11-15(22)12-21-24(33)30-28(39)32(27(21)36)18-9-7-17(29)8-10-18/h3-13H,14H2,1-2H3,(H,30,33,39). The topological polar surface area (TPSA) is 105 Å². The molecule has 0 bridgehead atoms. The molecule has 0 aliphatic carbocycles. The van der Waals surface area contributed by atoms with Crippen LogP contribution in [0.2, 0.25) is 0 Å². The predicted octanol–water partition coefficient (Wildman–Crippen LogP) is 3.47. The molecule has 0 aromatic heterocycles. The van der Waals surface area contributed by atoms with Gasteiger partial charge in [-0.15, -0.1) is 0 Å². The number of anilines is 1. The zero-order valence-electron chi connectivity index (χ0n) is 20.7. The molecule has 11 heteroatoms. The van der Waals surface area contributed by atoms with Crippen molar-refractivity contribution >= 4 is 52.7 Å². The van der Waals surface area contributed by atoms with Crippen LogP contribution in [0.5, 0.6) is 11.5 Å². The molecule has 3 aromatic carbocycles. The van der Waals surface area contributed by atoms with Crippen LogP contribution in [0.25, 0.3) is 6.08 Å². The van der Waals surface area contributed by atoms with Gasteiger partial charge in [0.2, 0.25) is 0 Å². The molecule has 1 N–H and O–H groups in total. The Morgan fingerprint density at radius 3 is 2.08 bits per heavy atom. The van der Waals surface area contributed by atoms with E-state index >= 15 is 0 Å².